The number of methoxy groups -OCH3 is 1. The molecule has 7 heteroatoms. The third kappa shape index (κ3) is 6.92. The van der Waals surface area contributed by atoms with Gasteiger partial charge in [-0.3, -0.25) is 4.90 Å². The maximum absolute atomic E-state index is 6.21. The fraction of sp³-hybridized carbons (Fsp3) is 0.360. The van der Waals surface area contributed by atoms with Crippen molar-refractivity contribution in [2.24, 2.45) is 5.73 Å². The van der Waals surface area contributed by atoms with Gasteiger partial charge in [-0.1, -0.05) is 42.8 Å². The minimum Gasteiger partial charge on any atom is -0.495 e. The van der Waals surface area contributed by atoms with E-state index >= 15 is 0 Å². The van der Waals surface area contributed by atoms with E-state index in [1.807, 2.05) is 24.3 Å². The monoisotopic (exact) mass is 453 g/mol. The van der Waals surface area contributed by atoms with Crippen LogP contribution < -0.4 is 15.8 Å². The van der Waals surface area contributed by atoms with Crippen molar-refractivity contribution in [1.29, 1.82) is 0 Å². The number of halogens is 1. The van der Waals surface area contributed by atoms with E-state index in [-0.39, 0.29) is 0 Å². The molecule has 0 aliphatic carbocycles. The van der Waals surface area contributed by atoms with E-state index in [4.69, 9.17) is 27.1 Å². The number of ether oxygens (including phenoxy) is 1. The van der Waals surface area contributed by atoms with Crippen LogP contribution in [0.3, 0.4) is 0 Å². The molecule has 1 aromatic heterocycles. The molecule has 0 bridgehead atoms. The number of hydrogen-bond donors (Lipinski definition) is 2. The van der Waals surface area contributed by atoms with Crippen LogP contribution in [0.5, 0.6) is 5.75 Å². The van der Waals surface area contributed by atoms with Gasteiger partial charge in [-0.15, -0.1) is 0 Å². The van der Waals surface area contributed by atoms with Gasteiger partial charge in [0.15, 0.2) is 0 Å². The van der Waals surface area contributed by atoms with Crippen LogP contribution in [0.25, 0.3) is 11.3 Å². The van der Waals surface area contributed by atoms with Gasteiger partial charge in [0.05, 0.1) is 17.8 Å². The highest BCUT2D eigenvalue weighted by Gasteiger charge is 2.07. The fourth-order valence-corrected chi connectivity index (χ4v) is 3.82. The largest absolute Gasteiger partial charge is 0.495 e. The van der Waals surface area contributed by atoms with Crippen molar-refractivity contribution >= 4 is 17.5 Å². The third-order valence-electron chi connectivity index (χ3n) is 5.32. The fourth-order valence-electron chi connectivity index (χ4n) is 3.54. The van der Waals surface area contributed by atoms with Crippen molar-refractivity contribution in [2.75, 3.05) is 38.6 Å². The minimum atomic E-state index is 0.616. The van der Waals surface area contributed by atoms with Gasteiger partial charge in [0.25, 0.3) is 0 Å². The van der Waals surface area contributed by atoms with E-state index in [0.717, 1.165) is 55.8 Å². The number of nitrogens with zero attached hydrogens (tertiary/aromatic N) is 3. The van der Waals surface area contributed by atoms with Crippen molar-refractivity contribution in [3.8, 4) is 17.0 Å². The second kappa shape index (κ2) is 12.4. The molecular formula is C25H32ClN5O. The van der Waals surface area contributed by atoms with Gasteiger partial charge in [0, 0.05) is 24.8 Å². The van der Waals surface area contributed by atoms with E-state index in [9.17, 15) is 0 Å². The van der Waals surface area contributed by atoms with Gasteiger partial charge < -0.3 is 15.8 Å². The Morgan fingerprint density at radius 3 is 2.75 bits per heavy atom. The molecule has 0 aliphatic heterocycles. The molecule has 32 heavy (non-hydrogen) atoms. The molecule has 170 valence electrons. The topological polar surface area (TPSA) is 76.3 Å². The maximum Gasteiger partial charge on any atom is 0.223 e. The number of nitrogens with one attached hydrogen (secondary N) is 1. The second-order valence-corrected chi connectivity index (χ2v) is 8.03. The van der Waals surface area contributed by atoms with E-state index < -0.39 is 0 Å². The Bertz CT molecular complexity index is 998. The molecule has 6 nitrogen and oxygen atoms in total. The number of nitrogens with two attached hydrogens (primary N) is 1. The zero-order valence-corrected chi connectivity index (χ0v) is 19.6. The Labute approximate surface area is 195 Å². The second-order valence-electron chi connectivity index (χ2n) is 7.62. The van der Waals surface area contributed by atoms with Gasteiger partial charge in [0.1, 0.15) is 5.75 Å². The van der Waals surface area contributed by atoms with E-state index in [1.54, 1.807) is 13.3 Å². The molecule has 2 aromatic carbocycles. The van der Waals surface area contributed by atoms with Crippen LogP contribution in [0.4, 0.5) is 5.95 Å². The van der Waals surface area contributed by atoms with Crippen LogP contribution in [0.2, 0.25) is 5.02 Å². The molecule has 3 aromatic rings. The molecule has 0 atom stereocenters. The first-order valence-corrected chi connectivity index (χ1v) is 11.4. The molecule has 0 aliphatic rings. The van der Waals surface area contributed by atoms with Gasteiger partial charge in [-0.2, -0.15) is 0 Å². The summed E-state index contributed by atoms with van der Waals surface area (Å²) in [6.07, 6.45) is 3.61. The number of hydrogen-bond acceptors (Lipinski definition) is 6. The lowest BCUT2D eigenvalue weighted by molar-refractivity contribution is 0.278. The molecule has 3 rings (SSSR count). The highest BCUT2D eigenvalue weighted by molar-refractivity contribution is 6.32. The summed E-state index contributed by atoms with van der Waals surface area (Å²) in [6.45, 7) is 6.54. The SMILES string of the molecule is CCN(CCCN)Cc1cccc(-c2ccnc(NCCc3ccc(OC)c(Cl)c3)n2)c1. The first kappa shape index (κ1) is 24.0. The van der Waals surface area contributed by atoms with Gasteiger partial charge in [0.2, 0.25) is 5.95 Å². The smallest absolute Gasteiger partial charge is 0.223 e. The molecule has 1 heterocycles. The molecule has 3 N–H and O–H groups in total. The standard InChI is InChI=1S/C25H32ClN5O/c1-3-31(15-5-12-27)18-20-6-4-7-21(16-20)23-11-14-29-25(30-23)28-13-10-19-8-9-24(32-2)22(26)17-19/h4,6-9,11,14,16-17H,3,5,10,12-13,15,18,27H2,1-2H3,(H,28,29,30). The van der Waals surface area contributed by atoms with Crippen molar-refractivity contribution < 1.29 is 4.74 Å². The Hall–Kier alpha value is -2.67. The first-order valence-electron chi connectivity index (χ1n) is 11.0. The minimum absolute atomic E-state index is 0.616. The summed E-state index contributed by atoms with van der Waals surface area (Å²) in [4.78, 5) is 11.5. The number of anilines is 1. The van der Waals surface area contributed by atoms with Crippen molar-refractivity contribution in [2.45, 2.75) is 26.3 Å². The summed E-state index contributed by atoms with van der Waals surface area (Å²) in [6, 6.07) is 16.3. The molecule has 0 spiro atoms. The molecule has 0 unspecified atom stereocenters. The van der Waals surface area contributed by atoms with Gasteiger partial charge in [-0.05, 0) is 67.9 Å². The molecule has 0 fully saturated rings. The molecular weight excluding hydrogens is 422 g/mol. The Kier molecular flexibility index (Phi) is 9.28. The van der Waals surface area contributed by atoms with Crippen molar-refractivity contribution in [3.63, 3.8) is 0 Å². The number of benzene rings is 2. The van der Waals surface area contributed by atoms with Crippen molar-refractivity contribution in [1.82, 2.24) is 14.9 Å². The molecule has 0 saturated carbocycles. The predicted octanol–water partition coefficient (Wildman–Crippen LogP) is 4.63. The molecule has 0 radical (unpaired) electrons. The van der Waals surface area contributed by atoms with Gasteiger partial charge >= 0.3 is 0 Å². The lowest BCUT2D eigenvalue weighted by Crippen LogP contribution is -2.25. The van der Waals surface area contributed by atoms with Crippen LogP contribution >= 0.6 is 11.6 Å². The Balaban J connectivity index is 1.62. The quantitative estimate of drug-likeness (QED) is 0.416. The van der Waals surface area contributed by atoms with Crippen LogP contribution in [-0.4, -0.2) is 48.2 Å². The summed E-state index contributed by atoms with van der Waals surface area (Å²) in [7, 11) is 1.62. The number of aromatic nitrogens is 2. The average molecular weight is 454 g/mol. The molecule has 0 saturated heterocycles. The van der Waals surface area contributed by atoms with Crippen LogP contribution in [0.15, 0.2) is 54.7 Å². The summed E-state index contributed by atoms with van der Waals surface area (Å²) >= 11 is 6.21. The van der Waals surface area contributed by atoms with Gasteiger partial charge in [-0.25, -0.2) is 9.97 Å². The van der Waals surface area contributed by atoms with Crippen molar-refractivity contribution in [3.05, 3.63) is 70.9 Å². The molecule has 0 amide bonds. The van der Waals surface area contributed by atoms with E-state index in [0.29, 0.717) is 23.3 Å². The lowest BCUT2D eigenvalue weighted by atomic mass is 10.1. The Morgan fingerprint density at radius 2 is 2.00 bits per heavy atom. The van der Waals surface area contributed by atoms with Crippen LogP contribution in [-0.2, 0) is 13.0 Å². The summed E-state index contributed by atoms with van der Waals surface area (Å²) in [5, 5.41) is 3.93. The maximum atomic E-state index is 6.21. The normalized spacial score (nSPS) is 11.0. The first-order chi connectivity index (χ1) is 15.6. The zero-order valence-electron chi connectivity index (χ0n) is 18.9. The van der Waals surface area contributed by atoms with Crippen LogP contribution in [0, 0.1) is 0 Å². The average Bonchev–Trinajstić information content (AvgIpc) is 2.82. The highest BCUT2D eigenvalue weighted by Crippen LogP contribution is 2.25. The third-order valence-corrected chi connectivity index (χ3v) is 5.62. The predicted molar refractivity (Wildman–Crippen MR) is 132 cm³/mol. The summed E-state index contributed by atoms with van der Waals surface area (Å²) in [5.41, 5.74) is 10.1. The summed E-state index contributed by atoms with van der Waals surface area (Å²) in [5.74, 6) is 1.30. The van der Waals surface area contributed by atoms with E-state index in [1.165, 1.54) is 5.56 Å². The highest BCUT2D eigenvalue weighted by atomic mass is 35.5. The Morgan fingerprint density at radius 1 is 1.12 bits per heavy atom. The zero-order chi connectivity index (χ0) is 22.8. The lowest BCUT2D eigenvalue weighted by Gasteiger charge is -2.20. The van der Waals surface area contributed by atoms with Crippen LogP contribution in [0.1, 0.15) is 24.5 Å². The summed E-state index contributed by atoms with van der Waals surface area (Å²) < 4.78 is 5.21. The number of rotatable bonds is 12. The van der Waals surface area contributed by atoms with E-state index in [2.05, 4.69) is 46.4 Å².